The molecule has 0 radical (unpaired) electrons. The third kappa shape index (κ3) is 3.29. The highest BCUT2D eigenvalue weighted by atomic mass is 32.1. The Balaban J connectivity index is 1.33. The second kappa shape index (κ2) is 6.03. The average Bonchev–Trinajstić information content (AvgIpc) is 3.14. The average molecular weight is 333 g/mol. The molecule has 4 rings (SSSR count). The van der Waals surface area contributed by atoms with Crippen molar-refractivity contribution in [2.24, 2.45) is 0 Å². The molecule has 0 bridgehead atoms. The van der Waals surface area contributed by atoms with Gasteiger partial charge in [-0.3, -0.25) is 4.79 Å². The fourth-order valence-corrected chi connectivity index (χ4v) is 3.96. The van der Waals surface area contributed by atoms with Crippen molar-refractivity contribution >= 4 is 17.3 Å². The van der Waals surface area contributed by atoms with Gasteiger partial charge in [0.15, 0.2) is 5.82 Å². The Kier molecular flexibility index (Phi) is 3.88. The van der Waals surface area contributed by atoms with E-state index < -0.39 is 0 Å². The number of carbonyl (C=O) groups excluding carboxylic acids is 1. The van der Waals surface area contributed by atoms with E-state index >= 15 is 0 Å². The van der Waals surface area contributed by atoms with E-state index in [0.717, 1.165) is 53.5 Å². The van der Waals surface area contributed by atoms with Crippen LogP contribution >= 0.6 is 11.3 Å². The normalized spacial score (nSPS) is 20.3. The minimum absolute atomic E-state index is 0.137. The molecular formula is C16H19N3O3S. The van der Waals surface area contributed by atoms with Crippen LogP contribution in [0.1, 0.15) is 71.4 Å². The summed E-state index contributed by atoms with van der Waals surface area (Å²) in [6, 6.07) is 0. The van der Waals surface area contributed by atoms with Gasteiger partial charge in [-0.1, -0.05) is 5.16 Å². The highest BCUT2D eigenvalue weighted by molar-refractivity contribution is 7.11. The molecule has 0 aliphatic heterocycles. The molecule has 0 aromatic carbocycles. The van der Waals surface area contributed by atoms with Gasteiger partial charge < -0.3 is 9.26 Å². The van der Waals surface area contributed by atoms with Crippen LogP contribution in [0.5, 0.6) is 0 Å². The van der Waals surface area contributed by atoms with Gasteiger partial charge >= 0.3 is 5.97 Å². The highest BCUT2D eigenvalue weighted by Crippen LogP contribution is 2.38. The maximum atomic E-state index is 12.1. The molecule has 2 aromatic rings. The minimum atomic E-state index is -0.208. The third-order valence-corrected chi connectivity index (χ3v) is 5.35. The Hall–Kier alpha value is -1.76. The van der Waals surface area contributed by atoms with Gasteiger partial charge in [0.25, 0.3) is 0 Å². The summed E-state index contributed by atoms with van der Waals surface area (Å²) in [6.45, 7) is 1.99. The van der Waals surface area contributed by atoms with Gasteiger partial charge in [-0.05, 0) is 39.0 Å². The van der Waals surface area contributed by atoms with E-state index in [2.05, 4.69) is 15.1 Å². The molecule has 0 N–H and O–H groups in total. The van der Waals surface area contributed by atoms with Crippen LogP contribution in [-0.2, 0) is 22.4 Å². The zero-order valence-electron chi connectivity index (χ0n) is 13.1. The fourth-order valence-electron chi connectivity index (χ4n) is 2.92. The summed E-state index contributed by atoms with van der Waals surface area (Å²) in [4.78, 5) is 22.1. The number of aryl methyl sites for hydroxylation is 3. The molecule has 1 atom stereocenters. The van der Waals surface area contributed by atoms with Crippen LogP contribution in [0.2, 0.25) is 0 Å². The third-order valence-electron chi connectivity index (χ3n) is 4.25. The number of aromatic nitrogens is 3. The Bertz CT molecular complexity index is 720. The van der Waals surface area contributed by atoms with Crippen LogP contribution in [-0.4, -0.2) is 21.1 Å². The zero-order chi connectivity index (χ0) is 15.8. The minimum Gasteiger partial charge on any atom is -0.457 e. The Morgan fingerprint density at radius 2 is 2.22 bits per heavy atom. The molecule has 7 heteroatoms. The quantitative estimate of drug-likeness (QED) is 0.782. The number of ether oxygens (including phenoxy) is 1. The van der Waals surface area contributed by atoms with Crippen molar-refractivity contribution in [2.45, 2.75) is 63.9 Å². The molecular weight excluding hydrogens is 314 g/mol. The Morgan fingerprint density at radius 3 is 3.04 bits per heavy atom. The summed E-state index contributed by atoms with van der Waals surface area (Å²) < 4.78 is 10.9. The van der Waals surface area contributed by atoms with Gasteiger partial charge in [-0.15, -0.1) is 11.3 Å². The standard InChI is InChI=1S/C16H19N3O3S/c1-9-17-11-3-2-4-12(15(11)23-9)21-14(20)8-7-13-18-16(19-22-13)10-5-6-10/h10,12H,2-8H2,1H3/t12-/m1/s1. The molecule has 0 spiro atoms. The van der Waals surface area contributed by atoms with E-state index in [1.54, 1.807) is 11.3 Å². The van der Waals surface area contributed by atoms with E-state index in [1.165, 1.54) is 0 Å². The first kappa shape index (κ1) is 14.8. The lowest BCUT2D eigenvalue weighted by atomic mass is 10.0. The molecule has 2 heterocycles. The summed E-state index contributed by atoms with van der Waals surface area (Å²) in [5.74, 6) is 1.57. The van der Waals surface area contributed by atoms with Crippen molar-refractivity contribution in [3.63, 3.8) is 0 Å². The monoisotopic (exact) mass is 333 g/mol. The number of hydrogen-bond donors (Lipinski definition) is 0. The van der Waals surface area contributed by atoms with Crippen molar-refractivity contribution in [1.82, 2.24) is 15.1 Å². The van der Waals surface area contributed by atoms with Crippen LogP contribution in [0.25, 0.3) is 0 Å². The summed E-state index contributed by atoms with van der Waals surface area (Å²) >= 11 is 1.64. The van der Waals surface area contributed by atoms with Crippen molar-refractivity contribution < 1.29 is 14.1 Å². The van der Waals surface area contributed by atoms with E-state index in [9.17, 15) is 4.79 Å². The summed E-state index contributed by atoms with van der Waals surface area (Å²) in [5, 5.41) is 5.00. The Labute approximate surface area is 138 Å². The van der Waals surface area contributed by atoms with Gasteiger partial charge in [0.05, 0.1) is 22.0 Å². The van der Waals surface area contributed by atoms with E-state index in [1.807, 2.05) is 6.92 Å². The van der Waals surface area contributed by atoms with Crippen molar-refractivity contribution in [3.05, 3.63) is 27.3 Å². The second-order valence-electron chi connectivity index (χ2n) is 6.24. The topological polar surface area (TPSA) is 78.1 Å². The van der Waals surface area contributed by atoms with Crippen LogP contribution < -0.4 is 0 Å². The number of nitrogens with zero attached hydrogens (tertiary/aromatic N) is 3. The maximum absolute atomic E-state index is 12.1. The predicted molar refractivity (Wildman–Crippen MR) is 83.2 cm³/mol. The van der Waals surface area contributed by atoms with Crippen LogP contribution in [0.15, 0.2) is 4.52 Å². The second-order valence-corrected chi connectivity index (χ2v) is 7.47. The number of esters is 1. The molecule has 1 fully saturated rings. The van der Waals surface area contributed by atoms with E-state index in [0.29, 0.717) is 18.2 Å². The maximum Gasteiger partial charge on any atom is 0.306 e. The molecule has 23 heavy (non-hydrogen) atoms. The zero-order valence-corrected chi connectivity index (χ0v) is 13.9. The molecule has 1 saturated carbocycles. The largest absolute Gasteiger partial charge is 0.457 e. The number of thiazole rings is 1. The lowest BCUT2D eigenvalue weighted by Crippen LogP contribution is -2.16. The summed E-state index contributed by atoms with van der Waals surface area (Å²) in [5.41, 5.74) is 1.10. The predicted octanol–water partition coefficient (Wildman–Crippen LogP) is 3.27. The van der Waals surface area contributed by atoms with Gasteiger partial charge in [0.1, 0.15) is 6.10 Å². The molecule has 2 aliphatic carbocycles. The molecule has 0 saturated heterocycles. The lowest BCUT2D eigenvalue weighted by Gasteiger charge is -2.21. The van der Waals surface area contributed by atoms with E-state index in [-0.39, 0.29) is 18.5 Å². The molecule has 2 aliphatic rings. The number of carbonyl (C=O) groups is 1. The van der Waals surface area contributed by atoms with Gasteiger partial charge in [0.2, 0.25) is 5.89 Å². The SMILES string of the molecule is Cc1nc2c(s1)[C@H](OC(=O)CCc1nc(C3CC3)no1)CCC2. The van der Waals surface area contributed by atoms with Crippen LogP contribution in [0, 0.1) is 6.92 Å². The first-order valence-corrected chi connectivity index (χ1v) is 8.99. The number of rotatable bonds is 5. The summed E-state index contributed by atoms with van der Waals surface area (Å²) in [6.07, 6.45) is 5.74. The van der Waals surface area contributed by atoms with E-state index in [4.69, 9.17) is 9.26 Å². The Morgan fingerprint density at radius 1 is 1.35 bits per heavy atom. The molecule has 0 unspecified atom stereocenters. The lowest BCUT2D eigenvalue weighted by molar-refractivity contribution is -0.150. The van der Waals surface area contributed by atoms with Crippen LogP contribution in [0.3, 0.4) is 0 Å². The molecule has 122 valence electrons. The molecule has 2 aromatic heterocycles. The molecule has 0 amide bonds. The van der Waals surface area contributed by atoms with Crippen LogP contribution in [0.4, 0.5) is 0 Å². The van der Waals surface area contributed by atoms with Crippen molar-refractivity contribution in [1.29, 1.82) is 0 Å². The van der Waals surface area contributed by atoms with Gasteiger partial charge in [-0.2, -0.15) is 4.98 Å². The first-order chi connectivity index (χ1) is 11.2. The smallest absolute Gasteiger partial charge is 0.306 e. The number of hydrogen-bond acceptors (Lipinski definition) is 7. The fraction of sp³-hybridized carbons (Fsp3) is 0.625. The first-order valence-electron chi connectivity index (χ1n) is 8.17. The molecule has 6 nitrogen and oxygen atoms in total. The number of fused-ring (bicyclic) bond motifs is 1. The summed E-state index contributed by atoms with van der Waals surface area (Å²) in [7, 11) is 0. The van der Waals surface area contributed by atoms with Gasteiger partial charge in [0, 0.05) is 12.3 Å². The van der Waals surface area contributed by atoms with Crippen molar-refractivity contribution in [3.8, 4) is 0 Å². The highest BCUT2D eigenvalue weighted by Gasteiger charge is 2.29. The van der Waals surface area contributed by atoms with Crippen molar-refractivity contribution in [2.75, 3.05) is 0 Å². The van der Waals surface area contributed by atoms with Gasteiger partial charge in [-0.25, -0.2) is 4.98 Å².